The molecule has 3 heteroatoms. The van der Waals surface area contributed by atoms with E-state index in [9.17, 15) is 4.79 Å². The second-order valence-corrected chi connectivity index (χ2v) is 7.58. The first-order valence-corrected chi connectivity index (χ1v) is 11.0. The minimum atomic E-state index is -0.210. The van der Waals surface area contributed by atoms with Gasteiger partial charge >= 0.3 is 5.97 Å². The fraction of sp³-hybridized carbons (Fsp3) is 0.708. The molecule has 0 N–H and O–H groups in total. The topological polar surface area (TPSA) is 35.5 Å². The third-order valence-electron chi connectivity index (χ3n) is 4.87. The van der Waals surface area contributed by atoms with E-state index in [0.717, 1.165) is 38.5 Å². The zero-order valence-corrected chi connectivity index (χ0v) is 18.0. The van der Waals surface area contributed by atoms with Gasteiger partial charge in [-0.3, -0.25) is 0 Å². The van der Waals surface area contributed by atoms with Crippen LogP contribution in [0.1, 0.15) is 100 Å². The van der Waals surface area contributed by atoms with Crippen LogP contribution in [0.25, 0.3) is 0 Å². The molecular formula is C24H40O3. The number of unbranched alkanes of at least 4 members (excludes halogenated alkanes) is 5. The first-order chi connectivity index (χ1) is 13.1. The van der Waals surface area contributed by atoms with E-state index in [4.69, 9.17) is 9.47 Å². The number of rotatable bonds is 15. The summed E-state index contributed by atoms with van der Waals surface area (Å²) >= 11 is 0. The number of carbonyl (C=O) groups excluding carboxylic acids is 1. The number of methoxy groups -OCH3 is 1. The summed E-state index contributed by atoms with van der Waals surface area (Å²) in [7, 11) is 1.67. The molecule has 3 nitrogen and oxygen atoms in total. The van der Waals surface area contributed by atoms with Crippen LogP contribution in [-0.4, -0.2) is 25.8 Å². The fourth-order valence-electron chi connectivity index (χ4n) is 3.48. The van der Waals surface area contributed by atoms with Crippen molar-refractivity contribution < 1.29 is 14.3 Å². The molecule has 27 heavy (non-hydrogen) atoms. The fourth-order valence-corrected chi connectivity index (χ4v) is 3.48. The predicted octanol–water partition coefficient (Wildman–Crippen LogP) is 6.51. The summed E-state index contributed by atoms with van der Waals surface area (Å²) < 4.78 is 11.1. The van der Waals surface area contributed by atoms with Gasteiger partial charge in [-0.25, -0.2) is 4.79 Å². The van der Waals surface area contributed by atoms with Crippen LogP contribution in [-0.2, 0) is 22.3 Å². The van der Waals surface area contributed by atoms with Gasteiger partial charge in [-0.1, -0.05) is 71.8 Å². The molecule has 0 amide bonds. The summed E-state index contributed by atoms with van der Waals surface area (Å²) in [5.41, 5.74) is 3.15. The quantitative estimate of drug-likeness (QED) is 0.258. The molecule has 0 saturated heterocycles. The lowest BCUT2D eigenvalue weighted by atomic mass is 10.00. The van der Waals surface area contributed by atoms with Crippen LogP contribution < -0.4 is 0 Å². The Bertz CT molecular complexity index is 500. The number of esters is 1. The molecule has 0 aliphatic rings. The molecule has 0 bridgehead atoms. The third kappa shape index (κ3) is 9.95. The van der Waals surface area contributed by atoms with E-state index >= 15 is 0 Å². The Morgan fingerprint density at radius 3 is 2.00 bits per heavy atom. The van der Waals surface area contributed by atoms with Gasteiger partial charge < -0.3 is 9.47 Å². The summed E-state index contributed by atoms with van der Waals surface area (Å²) in [6.07, 6.45) is 12.3. The highest BCUT2D eigenvalue weighted by Gasteiger charge is 2.17. The molecule has 0 aromatic heterocycles. The lowest BCUT2D eigenvalue weighted by Crippen LogP contribution is -2.23. The van der Waals surface area contributed by atoms with E-state index in [-0.39, 0.29) is 12.1 Å². The van der Waals surface area contributed by atoms with Crippen molar-refractivity contribution in [1.29, 1.82) is 0 Å². The van der Waals surface area contributed by atoms with Gasteiger partial charge in [-0.05, 0) is 48.9 Å². The maximum atomic E-state index is 12.7. The smallest absolute Gasteiger partial charge is 0.338 e. The van der Waals surface area contributed by atoms with Gasteiger partial charge in [0.15, 0.2) is 0 Å². The standard InChI is InChI=1S/C24H40O3/c1-5-8-9-10-11-12-15-23(19-26-4)27-24(25)22-17-20(13-6-2)16-21(18-22)14-7-3/h16-18,23H,5-15,19H2,1-4H3. The van der Waals surface area contributed by atoms with Gasteiger partial charge in [0.25, 0.3) is 0 Å². The molecule has 0 radical (unpaired) electrons. The first-order valence-electron chi connectivity index (χ1n) is 11.0. The van der Waals surface area contributed by atoms with Crippen LogP contribution in [0.5, 0.6) is 0 Å². The van der Waals surface area contributed by atoms with Crippen LogP contribution in [0.4, 0.5) is 0 Å². The number of ether oxygens (including phenoxy) is 2. The number of hydrogen-bond acceptors (Lipinski definition) is 3. The van der Waals surface area contributed by atoms with E-state index in [1.807, 2.05) is 12.1 Å². The molecule has 0 spiro atoms. The monoisotopic (exact) mass is 376 g/mol. The molecule has 1 aromatic rings. The van der Waals surface area contributed by atoms with Crippen LogP contribution in [0, 0.1) is 0 Å². The summed E-state index contributed by atoms with van der Waals surface area (Å²) in [6.45, 7) is 7.03. The molecule has 1 atom stereocenters. The van der Waals surface area contributed by atoms with E-state index in [1.165, 1.54) is 43.2 Å². The lowest BCUT2D eigenvalue weighted by molar-refractivity contribution is 0.00235. The zero-order valence-electron chi connectivity index (χ0n) is 18.0. The summed E-state index contributed by atoms with van der Waals surface area (Å²) in [5.74, 6) is -0.210. The first kappa shape index (κ1) is 23.7. The van der Waals surface area contributed by atoms with E-state index in [0.29, 0.717) is 12.2 Å². The van der Waals surface area contributed by atoms with Crippen molar-refractivity contribution in [2.75, 3.05) is 13.7 Å². The van der Waals surface area contributed by atoms with Crippen LogP contribution in [0.3, 0.4) is 0 Å². The number of aryl methyl sites for hydroxylation is 2. The SMILES string of the molecule is CCCCCCCCC(COC)OC(=O)c1cc(CCC)cc(CCC)c1. The Kier molecular flexibility index (Phi) is 12.9. The second kappa shape index (κ2) is 14.7. The molecule has 0 saturated carbocycles. The lowest BCUT2D eigenvalue weighted by Gasteiger charge is -2.18. The summed E-state index contributed by atoms with van der Waals surface area (Å²) in [4.78, 5) is 12.7. The van der Waals surface area contributed by atoms with Gasteiger partial charge in [0, 0.05) is 7.11 Å². The maximum Gasteiger partial charge on any atom is 0.338 e. The van der Waals surface area contributed by atoms with Crippen molar-refractivity contribution in [3.05, 3.63) is 34.9 Å². The number of benzene rings is 1. The van der Waals surface area contributed by atoms with Gasteiger partial charge in [0.2, 0.25) is 0 Å². The molecular weight excluding hydrogens is 336 g/mol. The molecule has 1 unspecified atom stereocenters. The van der Waals surface area contributed by atoms with Crippen molar-refractivity contribution in [1.82, 2.24) is 0 Å². The minimum Gasteiger partial charge on any atom is -0.456 e. The third-order valence-corrected chi connectivity index (χ3v) is 4.87. The van der Waals surface area contributed by atoms with Gasteiger partial charge in [-0.2, -0.15) is 0 Å². The molecule has 0 aliphatic carbocycles. The molecule has 0 fully saturated rings. The van der Waals surface area contributed by atoms with E-state index < -0.39 is 0 Å². The summed E-state index contributed by atoms with van der Waals surface area (Å²) in [6, 6.07) is 6.23. The Morgan fingerprint density at radius 1 is 0.852 bits per heavy atom. The highest BCUT2D eigenvalue weighted by Crippen LogP contribution is 2.17. The Labute approximate surface area is 166 Å². The van der Waals surface area contributed by atoms with Crippen LogP contribution >= 0.6 is 0 Å². The molecule has 1 rings (SSSR count). The van der Waals surface area contributed by atoms with Crippen LogP contribution in [0.2, 0.25) is 0 Å². The van der Waals surface area contributed by atoms with E-state index in [1.54, 1.807) is 7.11 Å². The van der Waals surface area contributed by atoms with E-state index in [2.05, 4.69) is 26.8 Å². The van der Waals surface area contributed by atoms with Crippen molar-refractivity contribution in [3.8, 4) is 0 Å². The van der Waals surface area contributed by atoms with Crippen molar-refractivity contribution in [2.24, 2.45) is 0 Å². The molecule has 0 aliphatic heterocycles. The highest BCUT2D eigenvalue weighted by molar-refractivity contribution is 5.90. The number of carbonyl (C=O) groups is 1. The van der Waals surface area contributed by atoms with Gasteiger partial charge in [0.1, 0.15) is 6.10 Å². The predicted molar refractivity (Wildman–Crippen MR) is 114 cm³/mol. The largest absolute Gasteiger partial charge is 0.456 e. The second-order valence-electron chi connectivity index (χ2n) is 7.58. The normalized spacial score (nSPS) is 12.1. The molecule has 154 valence electrons. The van der Waals surface area contributed by atoms with Crippen LogP contribution in [0.15, 0.2) is 18.2 Å². The Morgan fingerprint density at radius 2 is 1.44 bits per heavy atom. The van der Waals surface area contributed by atoms with Gasteiger partial charge in [0.05, 0.1) is 12.2 Å². The maximum absolute atomic E-state index is 12.7. The average molecular weight is 377 g/mol. The number of hydrogen-bond donors (Lipinski definition) is 0. The average Bonchev–Trinajstić information content (AvgIpc) is 2.65. The minimum absolute atomic E-state index is 0.155. The van der Waals surface area contributed by atoms with Crippen molar-refractivity contribution in [2.45, 2.75) is 97.5 Å². The molecule has 0 heterocycles. The Balaban J connectivity index is 2.65. The Hall–Kier alpha value is -1.35. The van der Waals surface area contributed by atoms with Crippen molar-refractivity contribution >= 4 is 5.97 Å². The highest BCUT2D eigenvalue weighted by atomic mass is 16.6. The van der Waals surface area contributed by atoms with Gasteiger partial charge in [-0.15, -0.1) is 0 Å². The van der Waals surface area contributed by atoms with Crippen molar-refractivity contribution in [3.63, 3.8) is 0 Å². The summed E-state index contributed by atoms with van der Waals surface area (Å²) in [5, 5.41) is 0. The molecule has 1 aromatic carbocycles. The zero-order chi connectivity index (χ0) is 19.9.